The van der Waals surface area contributed by atoms with Gasteiger partial charge in [-0.1, -0.05) is 17.2 Å². The molecule has 15 heteroatoms. The maximum Gasteiger partial charge on any atom is 0.437 e. The Morgan fingerprint density at radius 1 is 0.763 bits per heavy atom. The smallest absolute Gasteiger partial charge is 0.437 e. The van der Waals surface area contributed by atoms with E-state index in [0.29, 0.717) is 12.2 Å². The molecule has 0 aliphatic rings. The summed E-state index contributed by atoms with van der Waals surface area (Å²) in [5.74, 6) is 0.0569. The van der Waals surface area contributed by atoms with Crippen LogP contribution in [0.3, 0.4) is 0 Å². The molecule has 0 heterocycles. The van der Waals surface area contributed by atoms with Gasteiger partial charge in [-0.25, -0.2) is 0 Å². The Labute approximate surface area is 214 Å². The van der Waals surface area contributed by atoms with Gasteiger partial charge in [-0.2, -0.15) is 34.8 Å². The highest BCUT2D eigenvalue weighted by atomic mass is 32.2. The minimum Gasteiger partial charge on any atom is -0.493 e. The zero-order chi connectivity index (χ0) is 28.4. The van der Waals surface area contributed by atoms with Crippen LogP contribution in [0.5, 0.6) is 11.5 Å². The third-order valence-corrected chi connectivity index (χ3v) is 5.71. The second-order valence-electron chi connectivity index (χ2n) is 7.49. The molecule has 0 fully saturated rings. The van der Waals surface area contributed by atoms with E-state index in [0.717, 1.165) is 19.2 Å². The fourth-order valence-corrected chi connectivity index (χ4v) is 3.63. The topological polar surface area (TPSA) is 95.8 Å². The Morgan fingerprint density at radius 3 is 1.55 bits per heavy atom. The first-order chi connectivity index (χ1) is 17.8. The van der Waals surface area contributed by atoms with Crippen LogP contribution < -0.4 is 9.47 Å². The Bertz CT molecular complexity index is 1190. The summed E-state index contributed by atoms with van der Waals surface area (Å²) in [5, 5.41) is 5.82. The number of halogens is 6. The molecule has 0 saturated heterocycles. The molecule has 0 saturated carbocycles. The molecule has 0 unspecified atom stereocenters. The van der Waals surface area contributed by atoms with Gasteiger partial charge in [0.2, 0.25) is 0 Å². The molecule has 2 aromatic carbocycles. The maximum absolute atomic E-state index is 13.3. The molecule has 0 atom stereocenters. The van der Waals surface area contributed by atoms with Crippen LogP contribution >= 0.6 is 0 Å². The van der Waals surface area contributed by atoms with Crippen molar-refractivity contribution in [3.63, 3.8) is 0 Å². The lowest BCUT2D eigenvalue weighted by molar-refractivity contribution is -0.0613. The Hall–Kier alpha value is -3.49. The summed E-state index contributed by atoms with van der Waals surface area (Å²) in [7, 11) is -3.23. The molecular formula is C23H24F6N2O6S. The van der Waals surface area contributed by atoms with Gasteiger partial charge in [0.15, 0.2) is 11.4 Å². The van der Waals surface area contributed by atoms with Gasteiger partial charge in [-0.15, -0.1) is 0 Å². The van der Waals surface area contributed by atoms with Crippen molar-refractivity contribution in [1.29, 1.82) is 0 Å². The average Bonchev–Trinajstić information content (AvgIpc) is 2.82. The first kappa shape index (κ1) is 30.7. The largest absolute Gasteiger partial charge is 0.493 e. The van der Waals surface area contributed by atoms with Gasteiger partial charge in [-0.3, -0.25) is 4.28 Å². The van der Waals surface area contributed by atoms with Crippen LogP contribution in [-0.4, -0.2) is 58.3 Å². The van der Waals surface area contributed by atoms with Crippen molar-refractivity contribution in [2.75, 3.05) is 26.1 Å². The summed E-state index contributed by atoms with van der Waals surface area (Å²) in [6, 6.07) is 9.64. The molecule has 8 nitrogen and oxygen atoms in total. The lowest BCUT2D eigenvalue weighted by atomic mass is 10.1. The summed E-state index contributed by atoms with van der Waals surface area (Å²) in [4.78, 5) is 4.25. The third-order valence-electron chi connectivity index (χ3n) is 4.50. The number of benzene rings is 2. The van der Waals surface area contributed by atoms with Crippen molar-refractivity contribution in [1.82, 2.24) is 0 Å². The standard InChI is InChI=1S/C23H24F6N2O6S/c1-3-15-38(32,33)37-31-21(23(27,28)29)17-7-11-19(12-8-17)36-14-4-13-35-18-9-5-16(6-10-18)20(30-34-2)22(24,25)26/h5-12H,3-4,13-15H2,1-2H3/b30-20-,31-21-. The normalized spacial score (nSPS) is 13.3. The van der Waals surface area contributed by atoms with Crippen molar-refractivity contribution in [2.45, 2.75) is 32.1 Å². The van der Waals surface area contributed by atoms with Gasteiger partial charge in [0, 0.05) is 17.5 Å². The molecule has 210 valence electrons. The van der Waals surface area contributed by atoms with Gasteiger partial charge in [0.25, 0.3) is 0 Å². The molecule has 0 aliphatic carbocycles. The van der Waals surface area contributed by atoms with Gasteiger partial charge in [0.1, 0.15) is 18.6 Å². The van der Waals surface area contributed by atoms with Crippen molar-refractivity contribution >= 4 is 21.5 Å². The number of alkyl halides is 6. The van der Waals surface area contributed by atoms with Crippen LogP contribution in [0.1, 0.15) is 30.9 Å². The van der Waals surface area contributed by atoms with E-state index in [4.69, 9.17) is 9.47 Å². The summed E-state index contributed by atoms with van der Waals surface area (Å²) in [6.45, 7) is 1.78. The van der Waals surface area contributed by atoms with Gasteiger partial charge >= 0.3 is 22.5 Å². The summed E-state index contributed by atoms with van der Waals surface area (Å²) >= 11 is 0. The summed E-state index contributed by atoms with van der Waals surface area (Å²) in [5.41, 5.74) is -3.33. The number of oxime groups is 2. The van der Waals surface area contributed by atoms with Crippen molar-refractivity contribution < 1.29 is 53.4 Å². The Kier molecular flexibility index (Phi) is 10.8. The molecule has 0 aliphatic heterocycles. The fraction of sp³-hybridized carbons (Fsp3) is 0.391. The molecule has 0 aromatic heterocycles. The number of hydrogen-bond donors (Lipinski definition) is 0. The third kappa shape index (κ3) is 9.76. The summed E-state index contributed by atoms with van der Waals surface area (Å²) in [6.07, 6.45) is -9.17. The van der Waals surface area contributed by atoms with E-state index in [-0.39, 0.29) is 30.9 Å². The fourth-order valence-electron chi connectivity index (χ4n) is 2.87. The van der Waals surface area contributed by atoms with Crippen LogP contribution in [0.4, 0.5) is 26.3 Å². The van der Waals surface area contributed by atoms with E-state index in [1.54, 1.807) is 0 Å². The van der Waals surface area contributed by atoms with E-state index in [9.17, 15) is 34.8 Å². The van der Waals surface area contributed by atoms with Gasteiger partial charge < -0.3 is 14.3 Å². The number of hydrogen-bond acceptors (Lipinski definition) is 8. The van der Waals surface area contributed by atoms with Crippen LogP contribution in [0.15, 0.2) is 58.8 Å². The van der Waals surface area contributed by atoms with E-state index < -0.39 is 45.2 Å². The number of rotatable bonds is 13. The van der Waals surface area contributed by atoms with Crippen molar-refractivity contribution in [2.24, 2.45) is 10.3 Å². The zero-order valence-corrected chi connectivity index (χ0v) is 21.0. The molecule has 2 aromatic rings. The van der Waals surface area contributed by atoms with E-state index in [1.807, 2.05) is 0 Å². The predicted octanol–water partition coefficient (Wildman–Crippen LogP) is 5.47. The second kappa shape index (κ2) is 13.3. The average molecular weight is 571 g/mol. The highest BCUT2D eigenvalue weighted by Gasteiger charge is 2.39. The minimum atomic E-state index is -4.97. The van der Waals surface area contributed by atoms with Crippen LogP contribution in [0.25, 0.3) is 0 Å². The first-order valence-electron chi connectivity index (χ1n) is 11.0. The number of nitrogens with zero attached hydrogens (tertiary/aromatic N) is 2. The predicted molar refractivity (Wildman–Crippen MR) is 126 cm³/mol. The maximum atomic E-state index is 13.3. The quantitative estimate of drug-likeness (QED) is 0.137. The minimum absolute atomic E-state index is 0.120. The molecule has 38 heavy (non-hydrogen) atoms. The molecule has 0 bridgehead atoms. The lowest BCUT2D eigenvalue weighted by Crippen LogP contribution is -2.25. The highest BCUT2D eigenvalue weighted by molar-refractivity contribution is 7.86. The lowest BCUT2D eigenvalue weighted by Gasteiger charge is -2.12. The molecule has 0 N–H and O–H groups in total. The van der Waals surface area contributed by atoms with E-state index in [1.165, 1.54) is 43.3 Å². The SMILES string of the molecule is CCCS(=O)(=O)O/N=C(/c1ccc(OCCCOc2ccc(/C(=N/OC)C(F)(F)F)cc2)cc1)C(F)(F)F. The Balaban J connectivity index is 1.89. The second-order valence-corrected chi connectivity index (χ2v) is 9.17. The van der Waals surface area contributed by atoms with Gasteiger partial charge in [-0.05, 0) is 55.0 Å². The van der Waals surface area contributed by atoms with E-state index >= 15 is 0 Å². The van der Waals surface area contributed by atoms with Crippen LogP contribution in [0.2, 0.25) is 0 Å². The first-order valence-corrected chi connectivity index (χ1v) is 12.6. The van der Waals surface area contributed by atoms with Crippen molar-refractivity contribution in [3.05, 3.63) is 59.7 Å². The molecule has 0 radical (unpaired) electrons. The van der Waals surface area contributed by atoms with Gasteiger partial charge in [0.05, 0.1) is 19.0 Å². The van der Waals surface area contributed by atoms with E-state index in [2.05, 4.69) is 19.4 Å². The number of ether oxygens (including phenoxy) is 2. The van der Waals surface area contributed by atoms with Crippen molar-refractivity contribution in [3.8, 4) is 11.5 Å². The molecule has 0 amide bonds. The highest BCUT2D eigenvalue weighted by Crippen LogP contribution is 2.26. The molecule has 2 rings (SSSR count). The Morgan fingerprint density at radius 2 is 1.18 bits per heavy atom. The molecule has 0 spiro atoms. The monoisotopic (exact) mass is 570 g/mol. The summed E-state index contributed by atoms with van der Waals surface area (Å²) < 4.78 is 117. The molecular weight excluding hydrogens is 546 g/mol. The zero-order valence-electron chi connectivity index (χ0n) is 20.2. The van der Waals surface area contributed by atoms with Crippen LogP contribution in [0, 0.1) is 0 Å². The van der Waals surface area contributed by atoms with Crippen LogP contribution in [-0.2, 0) is 19.2 Å².